The molecular formula is C30H38O9. The van der Waals surface area contributed by atoms with E-state index in [2.05, 4.69) is 13.8 Å². The van der Waals surface area contributed by atoms with Gasteiger partial charge in [0.1, 0.15) is 23.9 Å². The fraction of sp³-hybridized carbons (Fsp3) is 0.433. The summed E-state index contributed by atoms with van der Waals surface area (Å²) in [5, 5.41) is 0. The van der Waals surface area contributed by atoms with Crippen LogP contribution in [0.25, 0.3) is 0 Å². The van der Waals surface area contributed by atoms with E-state index in [4.69, 9.17) is 37.6 Å². The second kappa shape index (κ2) is 13.8. The van der Waals surface area contributed by atoms with E-state index < -0.39 is 6.10 Å². The third-order valence-electron chi connectivity index (χ3n) is 6.93. The molecule has 0 saturated heterocycles. The normalized spacial score (nSPS) is 13.2. The van der Waals surface area contributed by atoms with Crippen LogP contribution in [0.3, 0.4) is 0 Å². The van der Waals surface area contributed by atoms with E-state index in [1.807, 2.05) is 18.2 Å². The lowest BCUT2D eigenvalue weighted by molar-refractivity contribution is -0.0135. The number of methoxy groups -OCH3 is 6. The van der Waals surface area contributed by atoms with E-state index in [0.717, 1.165) is 17.5 Å². The van der Waals surface area contributed by atoms with Gasteiger partial charge in [0.15, 0.2) is 35.0 Å². The van der Waals surface area contributed by atoms with Crippen LogP contribution in [-0.4, -0.2) is 48.9 Å². The number of ether oxygens (including phenoxy) is 7. The molecule has 212 valence electrons. The smallest absolute Gasteiger partial charge is 0.185 e. The number of rotatable bonds is 15. The van der Waals surface area contributed by atoms with Gasteiger partial charge >= 0.3 is 0 Å². The summed E-state index contributed by atoms with van der Waals surface area (Å²) in [6, 6.07) is 10.8. The summed E-state index contributed by atoms with van der Waals surface area (Å²) in [6.45, 7) is 4.37. The minimum Gasteiger partial charge on any atom is -0.496 e. The van der Waals surface area contributed by atoms with E-state index in [-0.39, 0.29) is 24.2 Å². The van der Waals surface area contributed by atoms with Gasteiger partial charge in [0, 0.05) is 23.3 Å². The SMILES string of the molecule is CCC(c1cc(OC)c(OC)cc1OC)C(C)C(OCc1ccc(C=O)o1)c1cc(OC)c(OC)cc1OC. The third kappa shape index (κ3) is 6.42. The Morgan fingerprint density at radius 3 is 1.67 bits per heavy atom. The zero-order chi connectivity index (χ0) is 28.5. The van der Waals surface area contributed by atoms with E-state index in [1.165, 1.54) is 0 Å². The predicted molar refractivity (Wildman–Crippen MR) is 146 cm³/mol. The number of hydrogen-bond acceptors (Lipinski definition) is 9. The lowest BCUT2D eigenvalue weighted by atomic mass is 9.79. The highest BCUT2D eigenvalue weighted by Crippen LogP contribution is 2.48. The van der Waals surface area contributed by atoms with Gasteiger partial charge in [-0.25, -0.2) is 0 Å². The summed E-state index contributed by atoms with van der Waals surface area (Å²) in [4.78, 5) is 11.1. The molecule has 3 aromatic rings. The van der Waals surface area contributed by atoms with Crippen molar-refractivity contribution in [1.29, 1.82) is 0 Å². The Balaban J connectivity index is 2.13. The first-order chi connectivity index (χ1) is 18.9. The highest BCUT2D eigenvalue weighted by Gasteiger charge is 2.33. The molecule has 0 amide bonds. The van der Waals surface area contributed by atoms with E-state index in [1.54, 1.807) is 60.9 Å². The molecule has 0 spiro atoms. The monoisotopic (exact) mass is 542 g/mol. The molecule has 39 heavy (non-hydrogen) atoms. The van der Waals surface area contributed by atoms with Crippen molar-refractivity contribution < 1.29 is 42.4 Å². The summed E-state index contributed by atoms with van der Waals surface area (Å²) in [5.41, 5.74) is 1.74. The second-order valence-electron chi connectivity index (χ2n) is 8.93. The molecule has 0 radical (unpaired) electrons. The Hall–Kier alpha value is -3.85. The van der Waals surface area contributed by atoms with Crippen LogP contribution in [0.1, 0.15) is 59.7 Å². The van der Waals surface area contributed by atoms with Crippen LogP contribution in [0.2, 0.25) is 0 Å². The Bertz CT molecular complexity index is 1230. The molecule has 0 saturated carbocycles. The van der Waals surface area contributed by atoms with E-state index >= 15 is 0 Å². The van der Waals surface area contributed by atoms with E-state index in [0.29, 0.717) is 46.5 Å². The van der Waals surface area contributed by atoms with Crippen LogP contribution >= 0.6 is 0 Å². The van der Waals surface area contributed by atoms with Crippen LogP contribution in [-0.2, 0) is 11.3 Å². The molecule has 2 aromatic carbocycles. The second-order valence-corrected chi connectivity index (χ2v) is 8.93. The molecule has 0 aliphatic heterocycles. The van der Waals surface area contributed by atoms with Crippen molar-refractivity contribution >= 4 is 6.29 Å². The molecule has 3 unspecified atom stereocenters. The molecule has 0 aliphatic carbocycles. The fourth-order valence-electron chi connectivity index (χ4n) is 4.94. The summed E-state index contributed by atoms with van der Waals surface area (Å²) < 4.78 is 45.9. The van der Waals surface area contributed by atoms with Crippen LogP contribution in [0.5, 0.6) is 34.5 Å². The van der Waals surface area contributed by atoms with Gasteiger partial charge in [0.05, 0.1) is 48.8 Å². The zero-order valence-corrected chi connectivity index (χ0v) is 23.9. The Labute approximate surface area is 229 Å². The van der Waals surface area contributed by atoms with Crippen LogP contribution in [0, 0.1) is 5.92 Å². The summed E-state index contributed by atoms with van der Waals surface area (Å²) in [6.07, 6.45) is 0.961. The largest absolute Gasteiger partial charge is 0.496 e. The molecule has 3 atom stereocenters. The maximum Gasteiger partial charge on any atom is 0.185 e. The highest BCUT2D eigenvalue weighted by atomic mass is 16.5. The predicted octanol–water partition coefficient (Wildman–Crippen LogP) is 6.23. The maximum atomic E-state index is 11.1. The zero-order valence-electron chi connectivity index (χ0n) is 23.9. The molecule has 0 aliphatic rings. The van der Waals surface area contributed by atoms with Crippen molar-refractivity contribution in [3.63, 3.8) is 0 Å². The first kappa shape index (κ1) is 29.7. The molecule has 0 bridgehead atoms. The molecular weight excluding hydrogens is 504 g/mol. The number of benzene rings is 2. The van der Waals surface area contributed by atoms with Crippen LogP contribution in [0.4, 0.5) is 0 Å². The van der Waals surface area contributed by atoms with Gasteiger partial charge in [-0.05, 0) is 42.5 Å². The Kier molecular flexibility index (Phi) is 10.5. The van der Waals surface area contributed by atoms with Crippen LogP contribution in [0.15, 0.2) is 40.8 Å². The standard InChI is InChI=1S/C30H38O9/c1-9-21(22-12-26(34-5)28(36-7)14-24(22)32-3)18(2)30(38-17-20-11-10-19(16-31)39-20)23-13-27(35-6)29(37-8)15-25(23)33-4/h10-16,18,21,30H,9,17H2,1-8H3. The van der Waals surface area contributed by atoms with Gasteiger partial charge in [-0.1, -0.05) is 13.8 Å². The average molecular weight is 543 g/mol. The van der Waals surface area contributed by atoms with Gasteiger partial charge in [-0.15, -0.1) is 0 Å². The Morgan fingerprint density at radius 1 is 0.718 bits per heavy atom. The summed E-state index contributed by atoms with van der Waals surface area (Å²) in [7, 11) is 9.59. The molecule has 1 heterocycles. The molecule has 9 heteroatoms. The van der Waals surface area contributed by atoms with Gasteiger partial charge in [-0.2, -0.15) is 0 Å². The van der Waals surface area contributed by atoms with E-state index in [9.17, 15) is 4.79 Å². The van der Waals surface area contributed by atoms with Crippen molar-refractivity contribution in [1.82, 2.24) is 0 Å². The number of carbonyl (C=O) groups excluding carboxylic acids is 1. The molecule has 3 rings (SSSR count). The van der Waals surface area contributed by atoms with Crippen molar-refractivity contribution in [2.24, 2.45) is 5.92 Å². The average Bonchev–Trinajstić information content (AvgIpc) is 3.44. The number of aldehydes is 1. The minimum atomic E-state index is -0.479. The third-order valence-corrected chi connectivity index (χ3v) is 6.93. The Morgan fingerprint density at radius 2 is 1.21 bits per heavy atom. The topological polar surface area (TPSA) is 94.8 Å². The molecule has 0 N–H and O–H groups in total. The lowest BCUT2D eigenvalue weighted by Crippen LogP contribution is -2.22. The van der Waals surface area contributed by atoms with Crippen molar-refractivity contribution in [2.75, 3.05) is 42.7 Å². The number of furan rings is 1. The van der Waals surface area contributed by atoms with Gasteiger partial charge in [0.25, 0.3) is 0 Å². The molecule has 1 aromatic heterocycles. The maximum absolute atomic E-state index is 11.1. The number of hydrogen-bond donors (Lipinski definition) is 0. The van der Waals surface area contributed by atoms with Gasteiger partial charge in [-0.3, -0.25) is 4.79 Å². The quantitative estimate of drug-likeness (QED) is 0.207. The van der Waals surface area contributed by atoms with Crippen molar-refractivity contribution in [2.45, 2.75) is 38.9 Å². The lowest BCUT2D eigenvalue weighted by Gasteiger charge is -2.33. The summed E-state index contributed by atoms with van der Waals surface area (Å²) >= 11 is 0. The number of carbonyl (C=O) groups is 1. The molecule has 9 nitrogen and oxygen atoms in total. The van der Waals surface area contributed by atoms with Gasteiger partial charge in [0.2, 0.25) is 0 Å². The summed E-state index contributed by atoms with van der Waals surface area (Å²) in [5.74, 6) is 4.20. The van der Waals surface area contributed by atoms with Crippen molar-refractivity contribution in [3.05, 3.63) is 59.0 Å². The first-order valence-corrected chi connectivity index (χ1v) is 12.6. The van der Waals surface area contributed by atoms with Crippen molar-refractivity contribution in [3.8, 4) is 34.5 Å². The van der Waals surface area contributed by atoms with Gasteiger partial charge < -0.3 is 37.6 Å². The minimum absolute atomic E-state index is 0.0234. The molecule has 0 fully saturated rings. The van der Waals surface area contributed by atoms with Crippen LogP contribution < -0.4 is 28.4 Å². The highest BCUT2D eigenvalue weighted by molar-refractivity contribution is 5.70. The first-order valence-electron chi connectivity index (χ1n) is 12.6. The fourth-order valence-corrected chi connectivity index (χ4v) is 4.94.